The highest BCUT2D eigenvalue weighted by Crippen LogP contribution is 2.15. The maximum atomic E-state index is 5.61. The molecular formula is C12H18N2. The van der Waals surface area contributed by atoms with E-state index in [1.54, 1.807) is 0 Å². The van der Waals surface area contributed by atoms with E-state index in [2.05, 4.69) is 29.6 Å². The van der Waals surface area contributed by atoms with Crippen molar-refractivity contribution < 1.29 is 0 Å². The Morgan fingerprint density at radius 2 is 2.21 bits per heavy atom. The summed E-state index contributed by atoms with van der Waals surface area (Å²) in [7, 11) is 0. The third-order valence-corrected chi connectivity index (χ3v) is 2.91. The Kier molecular flexibility index (Phi) is 3.17. The highest BCUT2D eigenvalue weighted by atomic mass is 14.9. The van der Waals surface area contributed by atoms with Crippen molar-refractivity contribution in [2.75, 3.05) is 13.1 Å². The predicted molar refractivity (Wildman–Crippen MR) is 59.0 cm³/mol. The molecule has 1 aromatic rings. The van der Waals surface area contributed by atoms with Crippen LogP contribution in [0.3, 0.4) is 0 Å². The van der Waals surface area contributed by atoms with Crippen molar-refractivity contribution in [1.29, 1.82) is 0 Å². The first-order valence-corrected chi connectivity index (χ1v) is 5.37. The van der Waals surface area contributed by atoms with Gasteiger partial charge in [0.25, 0.3) is 0 Å². The third kappa shape index (κ3) is 2.34. The highest BCUT2D eigenvalue weighted by Gasteiger charge is 2.14. The van der Waals surface area contributed by atoms with E-state index in [1.165, 1.54) is 37.1 Å². The molecule has 1 aliphatic rings. The topological polar surface area (TPSA) is 38.0 Å². The number of hydrogen-bond donors (Lipinski definition) is 2. The lowest BCUT2D eigenvalue weighted by atomic mass is 9.97. The molecule has 1 heterocycles. The van der Waals surface area contributed by atoms with Crippen LogP contribution >= 0.6 is 0 Å². The van der Waals surface area contributed by atoms with Gasteiger partial charge in [0.1, 0.15) is 0 Å². The first-order valence-electron chi connectivity index (χ1n) is 5.37. The molecule has 1 fully saturated rings. The second-order valence-corrected chi connectivity index (χ2v) is 4.09. The van der Waals surface area contributed by atoms with Crippen molar-refractivity contribution in [3.8, 4) is 0 Å². The molecule has 1 saturated heterocycles. The molecule has 0 aliphatic carbocycles. The van der Waals surface area contributed by atoms with E-state index in [4.69, 9.17) is 5.73 Å². The van der Waals surface area contributed by atoms with E-state index in [9.17, 15) is 0 Å². The van der Waals surface area contributed by atoms with Gasteiger partial charge in [-0.1, -0.05) is 24.3 Å². The zero-order valence-corrected chi connectivity index (χ0v) is 8.50. The Morgan fingerprint density at radius 3 is 2.93 bits per heavy atom. The van der Waals surface area contributed by atoms with Crippen molar-refractivity contribution in [2.24, 2.45) is 11.7 Å². The number of benzene rings is 1. The molecule has 76 valence electrons. The van der Waals surface area contributed by atoms with Gasteiger partial charge in [-0.25, -0.2) is 0 Å². The van der Waals surface area contributed by atoms with Gasteiger partial charge in [0, 0.05) is 6.54 Å². The Morgan fingerprint density at radius 1 is 1.36 bits per heavy atom. The molecular weight excluding hydrogens is 172 g/mol. The summed E-state index contributed by atoms with van der Waals surface area (Å²) in [5, 5.41) is 3.40. The van der Waals surface area contributed by atoms with Crippen LogP contribution in [0, 0.1) is 5.92 Å². The van der Waals surface area contributed by atoms with Crippen LogP contribution < -0.4 is 11.1 Å². The summed E-state index contributed by atoms with van der Waals surface area (Å²) in [5.74, 6) is 0.822. The zero-order valence-electron chi connectivity index (χ0n) is 8.50. The molecule has 1 aliphatic heterocycles. The van der Waals surface area contributed by atoms with Crippen LogP contribution in [-0.4, -0.2) is 13.1 Å². The summed E-state index contributed by atoms with van der Waals surface area (Å²) in [6, 6.07) is 8.64. The lowest BCUT2D eigenvalue weighted by molar-refractivity contribution is 0.580. The Balaban J connectivity index is 2.00. The van der Waals surface area contributed by atoms with E-state index in [1.807, 2.05) is 0 Å². The lowest BCUT2D eigenvalue weighted by Gasteiger charge is -2.08. The predicted octanol–water partition coefficient (Wildman–Crippen LogP) is 1.30. The summed E-state index contributed by atoms with van der Waals surface area (Å²) in [4.78, 5) is 0. The van der Waals surface area contributed by atoms with Gasteiger partial charge in [-0.2, -0.15) is 0 Å². The van der Waals surface area contributed by atoms with Crippen LogP contribution in [0.5, 0.6) is 0 Å². The Hall–Kier alpha value is -0.860. The van der Waals surface area contributed by atoms with E-state index in [-0.39, 0.29) is 0 Å². The van der Waals surface area contributed by atoms with Crippen molar-refractivity contribution >= 4 is 0 Å². The minimum atomic E-state index is 0.650. The minimum absolute atomic E-state index is 0.650. The number of hydrogen-bond acceptors (Lipinski definition) is 2. The van der Waals surface area contributed by atoms with Crippen LogP contribution in [0.1, 0.15) is 17.5 Å². The van der Waals surface area contributed by atoms with Gasteiger partial charge in [-0.15, -0.1) is 0 Å². The summed E-state index contributed by atoms with van der Waals surface area (Å²) in [6.07, 6.45) is 2.51. The third-order valence-electron chi connectivity index (χ3n) is 2.91. The SMILES string of the molecule is NCc1cccc(CC2CCNC2)c1. The Labute approximate surface area is 85.5 Å². The molecule has 0 amide bonds. The van der Waals surface area contributed by atoms with Crippen molar-refractivity contribution in [1.82, 2.24) is 5.32 Å². The van der Waals surface area contributed by atoms with Crippen molar-refractivity contribution in [2.45, 2.75) is 19.4 Å². The van der Waals surface area contributed by atoms with Crippen LogP contribution in [0.2, 0.25) is 0 Å². The average Bonchev–Trinajstić information content (AvgIpc) is 2.71. The molecule has 0 spiro atoms. The number of nitrogens with one attached hydrogen (secondary N) is 1. The van der Waals surface area contributed by atoms with E-state index in [0.717, 1.165) is 5.92 Å². The van der Waals surface area contributed by atoms with E-state index < -0.39 is 0 Å². The molecule has 1 aromatic carbocycles. The second-order valence-electron chi connectivity index (χ2n) is 4.09. The molecule has 0 bridgehead atoms. The normalized spacial score (nSPS) is 21.4. The van der Waals surface area contributed by atoms with Crippen LogP contribution in [0.15, 0.2) is 24.3 Å². The van der Waals surface area contributed by atoms with Gasteiger partial charge in [-0.05, 0) is 43.0 Å². The first kappa shape index (κ1) is 9.69. The highest BCUT2D eigenvalue weighted by molar-refractivity contribution is 5.23. The van der Waals surface area contributed by atoms with Crippen molar-refractivity contribution in [3.05, 3.63) is 35.4 Å². The molecule has 1 unspecified atom stereocenters. The maximum Gasteiger partial charge on any atom is 0.0178 e. The standard InChI is InChI=1S/C12H18N2/c13-8-11-3-1-2-10(6-11)7-12-4-5-14-9-12/h1-3,6,12,14H,4-5,7-9,13H2. The van der Waals surface area contributed by atoms with Gasteiger partial charge in [0.2, 0.25) is 0 Å². The fourth-order valence-electron chi connectivity index (χ4n) is 2.11. The number of rotatable bonds is 3. The largest absolute Gasteiger partial charge is 0.326 e. The van der Waals surface area contributed by atoms with Gasteiger partial charge in [-0.3, -0.25) is 0 Å². The molecule has 2 rings (SSSR count). The molecule has 14 heavy (non-hydrogen) atoms. The molecule has 2 nitrogen and oxygen atoms in total. The molecule has 2 heteroatoms. The first-order chi connectivity index (χ1) is 6.88. The smallest absolute Gasteiger partial charge is 0.0178 e. The van der Waals surface area contributed by atoms with Gasteiger partial charge in [0.05, 0.1) is 0 Å². The van der Waals surface area contributed by atoms with Gasteiger partial charge < -0.3 is 11.1 Å². The molecule has 1 atom stereocenters. The van der Waals surface area contributed by atoms with Gasteiger partial charge in [0.15, 0.2) is 0 Å². The summed E-state index contributed by atoms with van der Waals surface area (Å²) >= 11 is 0. The van der Waals surface area contributed by atoms with Gasteiger partial charge >= 0.3 is 0 Å². The molecule has 0 radical (unpaired) electrons. The molecule has 3 N–H and O–H groups in total. The van der Waals surface area contributed by atoms with E-state index >= 15 is 0 Å². The fourth-order valence-corrected chi connectivity index (χ4v) is 2.11. The monoisotopic (exact) mass is 190 g/mol. The Bertz CT molecular complexity index is 290. The minimum Gasteiger partial charge on any atom is -0.326 e. The fraction of sp³-hybridized carbons (Fsp3) is 0.500. The second kappa shape index (κ2) is 4.58. The maximum absolute atomic E-state index is 5.61. The van der Waals surface area contributed by atoms with Crippen LogP contribution in [-0.2, 0) is 13.0 Å². The van der Waals surface area contributed by atoms with E-state index in [0.29, 0.717) is 6.54 Å². The zero-order chi connectivity index (χ0) is 9.80. The summed E-state index contributed by atoms with van der Waals surface area (Å²) in [5.41, 5.74) is 8.29. The quantitative estimate of drug-likeness (QED) is 0.754. The summed E-state index contributed by atoms with van der Waals surface area (Å²) < 4.78 is 0. The molecule has 0 aromatic heterocycles. The van der Waals surface area contributed by atoms with Crippen LogP contribution in [0.4, 0.5) is 0 Å². The lowest BCUT2D eigenvalue weighted by Crippen LogP contribution is -2.11. The van der Waals surface area contributed by atoms with Crippen molar-refractivity contribution in [3.63, 3.8) is 0 Å². The average molecular weight is 190 g/mol. The number of nitrogens with two attached hydrogens (primary N) is 1. The van der Waals surface area contributed by atoms with Crippen LogP contribution in [0.25, 0.3) is 0 Å². The molecule has 0 saturated carbocycles. The summed E-state index contributed by atoms with van der Waals surface area (Å²) in [6.45, 7) is 3.00.